The van der Waals surface area contributed by atoms with Gasteiger partial charge in [0.25, 0.3) is 0 Å². The Morgan fingerprint density at radius 1 is 0.970 bits per heavy atom. The van der Waals surface area contributed by atoms with Gasteiger partial charge in [-0.3, -0.25) is 9.59 Å². The van der Waals surface area contributed by atoms with E-state index < -0.39 is 18.5 Å². The number of benzene rings is 1. The molecule has 0 saturated carbocycles. The largest absolute Gasteiger partial charge is 0.465 e. The van der Waals surface area contributed by atoms with Crippen LogP contribution in [0.1, 0.15) is 71.1 Å². The lowest BCUT2D eigenvalue weighted by Gasteiger charge is -2.11. The maximum Gasteiger partial charge on any atom is 0.355 e. The summed E-state index contributed by atoms with van der Waals surface area (Å²) in [4.78, 5) is 51.7. The van der Waals surface area contributed by atoms with Crippen LogP contribution in [0.25, 0.3) is 5.69 Å². The van der Waals surface area contributed by atoms with Gasteiger partial charge in [-0.1, -0.05) is 0 Å². The van der Waals surface area contributed by atoms with Gasteiger partial charge in [0.2, 0.25) is 5.78 Å². The molecule has 0 radical (unpaired) electrons. The number of H-pyrrole nitrogens is 1. The molecule has 0 fully saturated rings. The van der Waals surface area contributed by atoms with E-state index in [-0.39, 0.29) is 17.3 Å². The molecule has 0 aliphatic rings. The summed E-state index contributed by atoms with van der Waals surface area (Å²) >= 11 is 0. The van der Waals surface area contributed by atoms with Gasteiger partial charge in [0.1, 0.15) is 5.69 Å². The van der Waals surface area contributed by atoms with Crippen molar-refractivity contribution in [2.75, 3.05) is 13.7 Å². The number of ketones is 2. The molecular weight excluding hydrogens is 424 g/mol. The minimum absolute atomic E-state index is 0.150. The van der Waals surface area contributed by atoms with Gasteiger partial charge in [-0.25, -0.2) is 9.59 Å². The van der Waals surface area contributed by atoms with Gasteiger partial charge in [0, 0.05) is 33.9 Å². The first-order valence-electron chi connectivity index (χ1n) is 10.3. The van der Waals surface area contributed by atoms with Crippen molar-refractivity contribution < 1.29 is 28.7 Å². The number of nitrogens with one attached hydrogen (secondary N) is 1. The molecule has 0 aliphatic carbocycles. The molecule has 33 heavy (non-hydrogen) atoms. The van der Waals surface area contributed by atoms with Crippen LogP contribution in [0, 0.1) is 27.7 Å². The predicted molar refractivity (Wildman–Crippen MR) is 121 cm³/mol. The number of Topliss-reactive ketones (excluding diaryl/α,β-unsaturated/α-hetero) is 2. The predicted octanol–water partition coefficient (Wildman–Crippen LogP) is 4.07. The molecule has 0 bridgehead atoms. The fraction of sp³-hybridized carbons (Fsp3) is 0.280. The minimum atomic E-state index is -0.691. The van der Waals surface area contributed by atoms with E-state index in [9.17, 15) is 19.2 Å². The van der Waals surface area contributed by atoms with Gasteiger partial charge >= 0.3 is 11.9 Å². The Hall–Kier alpha value is -3.94. The monoisotopic (exact) mass is 450 g/mol. The lowest BCUT2D eigenvalue weighted by Crippen LogP contribution is -2.16. The Morgan fingerprint density at radius 3 is 2.15 bits per heavy atom. The number of hydrogen-bond acceptors (Lipinski definition) is 6. The number of aromatic amines is 1. The molecule has 0 amide bonds. The normalized spacial score (nSPS) is 10.7. The van der Waals surface area contributed by atoms with E-state index >= 15 is 0 Å². The fourth-order valence-electron chi connectivity index (χ4n) is 4.07. The lowest BCUT2D eigenvalue weighted by atomic mass is 10.1. The standard InChI is InChI=1S/C25H26N2O6/c1-13-11-20(16(4)27(13)19-9-7-18(8-10-19)24(30)32-6)21(29)12-33-25(31)23-14(2)22(17(5)28)15(3)26-23/h7-11,26H,12H2,1-6H3. The quantitative estimate of drug-likeness (QED) is 0.430. The zero-order valence-electron chi connectivity index (χ0n) is 19.5. The van der Waals surface area contributed by atoms with Crippen molar-refractivity contribution >= 4 is 23.5 Å². The molecule has 1 aromatic carbocycles. The van der Waals surface area contributed by atoms with Crippen molar-refractivity contribution in [2.45, 2.75) is 34.6 Å². The molecule has 2 aromatic heterocycles. The molecule has 8 nitrogen and oxygen atoms in total. The summed E-state index contributed by atoms with van der Waals surface area (Å²) in [5.74, 6) is -1.61. The van der Waals surface area contributed by atoms with Crippen LogP contribution < -0.4 is 0 Å². The Bertz CT molecular complexity index is 1260. The number of carbonyl (C=O) groups is 4. The molecule has 8 heteroatoms. The van der Waals surface area contributed by atoms with Crippen LogP contribution in [0.15, 0.2) is 30.3 Å². The third-order valence-electron chi connectivity index (χ3n) is 5.61. The summed E-state index contributed by atoms with van der Waals surface area (Å²) in [5, 5.41) is 0. The smallest absolute Gasteiger partial charge is 0.355 e. The maximum atomic E-state index is 12.8. The summed E-state index contributed by atoms with van der Waals surface area (Å²) in [6.07, 6.45) is 0. The molecule has 2 heterocycles. The Kier molecular flexibility index (Phi) is 6.67. The minimum Gasteiger partial charge on any atom is -0.465 e. The van der Waals surface area contributed by atoms with Crippen LogP contribution in [0.2, 0.25) is 0 Å². The second-order valence-corrected chi connectivity index (χ2v) is 7.84. The highest BCUT2D eigenvalue weighted by Crippen LogP contribution is 2.23. The van der Waals surface area contributed by atoms with E-state index in [0.29, 0.717) is 33.6 Å². The molecule has 0 aliphatic heterocycles. The van der Waals surface area contributed by atoms with E-state index in [1.165, 1.54) is 14.0 Å². The van der Waals surface area contributed by atoms with Crippen LogP contribution >= 0.6 is 0 Å². The first-order valence-corrected chi connectivity index (χ1v) is 10.3. The lowest BCUT2D eigenvalue weighted by molar-refractivity contribution is 0.0468. The first-order chi connectivity index (χ1) is 15.6. The molecule has 0 unspecified atom stereocenters. The van der Waals surface area contributed by atoms with E-state index in [1.54, 1.807) is 51.1 Å². The summed E-state index contributed by atoms with van der Waals surface area (Å²) in [5.41, 5.74) is 4.85. The highest BCUT2D eigenvalue weighted by molar-refractivity contribution is 6.03. The van der Waals surface area contributed by atoms with E-state index in [4.69, 9.17) is 9.47 Å². The van der Waals surface area contributed by atoms with Crippen LogP contribution in [0.5, 0.6) is 0 Å². The van der Waals surface area contributed by atoms with Crippen molar-refractivity contribution in [2.24, 2.45) is 0 Å². The summed E-state index contributed by atoms with van der Waals surface area (Å²) in [6.45, 7) is 8.03. The van der Waals surface area contributed by atoms with Crippen molar-refractivity contribution in [1.29, 1.82) is 0 Å². The average molecular weight is 450 g/mol. The van der Waals surface area contributed by atoms with E-state index in [0.717, 1.165) is 11.4 Å². The molecule has 0 saturated heterocycles. The SMILES string of the molecule is COC(=O)c1ccc(-n2c(C)cc(C(=O)COC(=O)c3[nH]c(C)c(C(C)=O)c3C)c2C)cc1. The number of carbonyl (C=O) groups excluding carboxylic acids is 4. The average Bonchev–Trinajstić information content (AvgIpc) is 3.25. The highest BCUT2D eigenvalue weighted by Gasteiger charge is 2.23. The summed E-state index contributed by atoms with van der Waals surface area (Å²) < 4.78 is 11.8. The maximum absolute atomic E-state index is 12.8. The molecule has 0 spiro atoms. The summed E-state index contributed by atoms with van der Waals surface area (Å²) in [6, 6.07) is 8.57. The number of esters is 2. The van der Waals surface area contributed by atoms with Crippen LogP contribution in [0.4, 0.5) is 0 Å². The Labute approximate surface area is 191 Å². The second-order valence-electron chi connectivity index (χ2n) is 7.84. The summed E-state index contributed by atoms with van der Waals surface area (Å²) in [7, 11) is 1.32. The first kappa shape index (κ1) is 23.7. The number of nitrogens with zero attached hydrogens (tertiary/aromatic N) is 1. The van der Waals surface area contributed by atoms with E-state index in [2.05, 4.69) is 4.98 Å². The van der Waals surface area contributed by atoms with Gasteiger partial charge in [0.15, 0.2) is 12.4 Å². The molecule has 0 atom stereocenters. The number of methoxy groups -OCH3 is 1. The fourth-order valence-corrected chi connectivity index (χ4v) is 4.07. The molecular formula is C25H26N2O6. The number of aryl methyl sites for hydroxylation is 2. The zero-order valence-corrected chi connectivity index (χ0v) is 19.5. The van der Waals surface area contributed by atoms with Crippen LogP contribution in [0.3, 0.4) is 0 Å². The van der Waals surface area contributed by atoms with Crippen molar-refractivity contribution in [3.8, 4) is 5.69 Å². The van der Waals surface area contributed by atoms with Gasteiger partial charge in [-0.2, -0.15) is 0 Å². The van der Waals surface area contributed by atoms with E-state index in [1.807, 2.05) is 11.5 Å². The zero-order chi connectivity index (χ0) is 24.4. The second kappa shape index (κ2) is 9.28. The third-order valence-corrected chi connectivity index (χ3v) is 5.61. The molecule has 172 valence electrons. The molecule has 3 aromatic rings. The van der Waals surface area contributed by atoms with Crippen molar-refractivity contribution in [1.82, 2.24) is 9.55 Å². The Balaban J connectivity index is 1.78. The van der Waals surface area contributed by atoms with Gasteiger partial charge in [-0.15, -0.1) is 0 Å². The van der Waals surface area contributed by atoms with Crippen LogP contribution in [-0.2, 0) is 9.47 Å². The number of aromatic nitrogens is 2. The van der Waals surface area contributed by atoms with Crippen LogP contribution in [-0.4, -0.2) is 46.8 Å². The topological polar surface area (TPSA) is 107 Å². The third kappa shape index (κ3) is 4.50. The van der Waals surface area contributed by atoms with Gasteiger partial charge in [-0.05, 0) is 70.5 Å². The number of hydrogen-bond donors (Lipinski definition) is 1. The Morgan fingerprint density at radius 2 is 1.61 bits per heavy atom. The number of rotatable bonds is 7. The van der Waals surface area contributed by atoms with Crippen molar-refractivity contribution in [3.63, 3.8) is 0 Å². The highest BCUT2D eigenvalue weighted by atomic mass is 16.5. The van der Waals surface area contributed by atoms with Gasteiger partial charge < -0.3 is 19.0 Å². The molecule has 1 N–H and O–H groups in total. The van der Waals surface area contributed by atoms with Gasteiger partial charge in [0.05, 0.1) is 12.7 Å². The van der Waals surface area contributed by atoms with Crippen molar-refractivity contribution in [3.05, 3.63) is 75.4 Å². The number of ether oxygens (including phenoxy) is 2. The molecule has 3 rings (SSSR count).